The van der Waals surface area contributed by atoms with Crippen LogP contribution in [0.5, 0.6) is 0 Å². The maximum Gasteiger partial charge on any atom is 0.325 e. The summed E-state index contributed by atoms with van der Waals surface area (Å²) in [5, 5.41) is 2.97. The molecule has 0 aliphatic carbocycles. The first kappa shape index (κ1) is 25.8. The second-order valence-corrected chi connectivity index (χ2v) is 9.31. The first-order chi connectivity index (χ1) is 17.8. The number of β-lactam (4-membered cyclic amide) rings is 1. The van der Waals surface area contributed by atoms with Crippen molar-refractivity contribution in [1.29, 1.82) is 0 Å². The molecule has 192 valence electrons. The van der Waals surface area contributed by atoms with Gasteiger partial charge in [-0.15, -0.1) is 0 Å². The normalized spacial score (nSPS) is 17.6. The molecule has 3 heterocycles. The fourth-order valence-electron chi connectivity index (χ4n) is 4.62. The van der Waals surface area contributed by atoms with E-state index in [4.69, 9.17) is 5.73 Å². The number of aromatic nitrogens is 2. The van der Waals surface area contributed by atoms with Crippen LogP contribution in [0.3, 0.4) is 0 Å². The lowest BCUT2D eigenvalue weighted by Crippen LogP contribution is -2.70. The molecule has 9 nitrogen and oxygen atoms in total. The van der Waals surface area contributed by atoms with Crippen molar-refractivity contribution in [2.75, 3.05) is 17.7 Å². The van der Waals surface area contributed by atoms with Crippen molar-refractivity contribution in [1.82, 2.24) is 20.2 Å². The third-order valence-electron chi connectivity index (χ3n) is 6.67. The summed E-state index contributed by atoms with van der Waals surface area (Å²) in [6.45, 7) is 3.92. The number of rotatable bonds is 8. The molecule has 0 radical (unpaired) electrons. The van der Waals surface area contributed by atoms with Crippen molar-refractivity contribution in [3.8, 4) is 0 Å². The summed E-state index contributed by atoms with van der Waals surface area (Å²) in [6, 6.07) is 14.5. The monoisotopic (exact) mass is 500 g/mol. The molecule has 1 aromatic carbocycles. The molecule has 1 aliphatic heterocycles. The molecule has 4 rings (SSSR count). The second-order valence-electron chi connectivity index (χ2n) is 9.31. The van der Waals surface area contributed by atoms with Crippen molar-refractivity contribution in [2.24, 2.45) is 5.92 Å². The molecule has 9 heteroatoms. The molecule has 0 saturated carbocycles. The van der Waals surface area contributed by atoms with Crippen molar-refractivity contribution < 1.29 is 14.4 Å². The summed E-state index contributed by atoms with van der Waals surface area (Å²) in [6.07, 6.45) is 5.06. The van der Waals surface area contributed by atoms with Gasteiger partial charge in [-0.1, -0.05) is 37.6 Å². The molecule has 1 fully saturated rings. The SMILES string of the molecule is CCC[C@@H](NC(=O)N1C(=O)[C@H](Cc2ccnc(N)c2)[C@H]1C(=O)N(C)c1ccccc1)c1ccc(C)nc1. The highest BCUT2D eigenvalue weighted by molar-refractivity contribution is 6.12. The van der Waals surface area contributed by atoms with E-state index in [1.807, 2.05) is 56.3 Å². The first-order valence-electron chi connectivity index (χ1n) is 12.4. The molecular weight excluding hydrogens is 468 g/mol. The number of nitrogens with two attached hydrogens (primary N) is 1. The lowest BCUT2D eigenvalue weighted by Gasteiger charge is -2.46. The highest BCUT2D eigenvalue weighted by atomic mass is 16.2. The number of nitrogen functional groups attached to an aromatic ring is 1. The van der Waals surface area contributed by atoms with E-state index in [-0.39, 0.29) is 18.4 Å². The van der Waals surface area contributed by atoms with Crippen LogP contribution in [0.15, 0.2) is 67.0 Å². The van der Waals surface area contributed by atoms with Gasteiger partial charge in [0, 0.05) is 30.8 Å². The number of hydrogen-bond acceptors (Lipinski definition) is 6. The number of imide groups is 1. The van der Waals surface area contributed by atoms with Gasteiger partial charge in [-0.05, 0) is 61.2 Å². The Bertz CT molecular complexity index is 1260. The molecule has 1 saturated heterocycles. The van der Waals surface area contributed by atoms with Gasteiger partial charge in [-0.3, -0.25) is 19.5 Å². The zero-order valence-corrected chi connectivity index (χ0v) is 21.3. The Morgan fingerprint density at radius 3 is 2.54 bits per heavy atom. The van der Waals surface area contributed by atoms with E-state index in [0.29, 0.717) is 17.9 Å². The van der Waals surface area contributed by atoms with Gasteiger partial charge in [-0.25, -0.2) is 9.78 Å². The van der Waals surface area contributed by atoms with Crippen LogP contribution in [0, 0.1) is 12.8 Å². The van der Waals surface area contributed by atoms with Gasteiger partial charge in [-0.2, -0.15) is 0 Å². The van der Waals surface area contributed by atoms with E-state index in [1.54, 1.807) is 31.6 Å². The minimum Gasteiger partial charge on any atom is -0.384 e. The predicted molar refractivity (Wildman–Crippen MR) is 141 cm³/mol. The lowest BCUT2D eigenvalue weighted by atomic mass is 9.81. The number of urea groups is 1. The van der Waals surface area contributed by atoms with E-state index < -0.39 is 23.9 Å². The van der Waals surface area contributed by atoms with Crippen LogP contribution in [0.1, 0.15) is 42.6 Å². The molecule has 3 atom stereocenters. The molecule has 37 heavy (non-hydrogen) atoms. The summed E-state index contributed by atoms with van der Waals surface area (Å²) in [5.41, 5.74) is 8.99. The fourth-order valence-corrected chi connectivity index (χ4v) is 4.62. The topological polar surface area (TPSA) is 122 Å². The minimum atomic E-state index is -0.953. The lowest BCUT2D eigenvalue weighted by molar-refractivity contribution is -0.156. The van der Waals surface area contributed by atoms with Gasteiger partial charge in [0.1, 0.15) is 11.9 Å². The zero-order chi connectivity index (χ0) is 26.5. The number of amides is 4. The highest BCUT2D eigenvalue weighted by Gasteiger charge is 2.55. The van der Waals surface area contributed by atoms with Crippen molar-refractivity contribution >= 4 is 29.4 Å². The summed E-state index contributed by atoms with van der Waals surface area (Å²) in [4.78, 5) is 51.3. The molecule has 0 spiro atoms. The number of aryl methyl sites for hydroxylation is 1. The van der Waals surface area contributed by atoms with Gasteiger partial charge in [0.15, 0.2) is 0 Å². The van der Waals surface area contributed by atoms with Crippen LogP contribution in [-0.4, -0.2) is 45.8 Å². The Balaban J connectivity index is 1.60. The number of carbonyl (C=O) groups is 3. The molecule has 1 aliphatic rings. The Hall–Kier alpha value is -4.27. The largest absolute Gasteiger partial charge is 0.384 e. The van der Waals surface area contributed by atoms with Gasteiger partial charge >= 0.3 is 6.03 Å². The molecule has 3 aromatic rings. The van der Waals surface area contributed by atoms with Crippen LogP contribution < -0.4 is 16.0 Å². The van der Waals surface area contributed by atoms with Gasteiger partial charge in [0.2, 0.25) is 5.91 Å². The standard InChI is InChI=1S/C28H32N6O3/c1-4-8-23(20-12-11-18(2)31-17-20)32-28(37)34-25(27(36)33(3)21-9-6-5-7-10-21)22(26(34)35)15-19-13-14-30-24(29)16-19/h5-7,9-14,16-17,22-23,25H,4,8,15H2,1-3H3,(H2,29,30)(H,32,37)/t22-,23-,25+/m1/s1. The molecule has 4 amide bonds. The maximum absolute atomic E-state index is 13.7. The highest BCUT2D eigenvalue weighted by Crippen LogP contribution is 2.33. The van der Waals surface area contributed by atoms with Gasteiger partial charge in [0.25, 0.3) is 5.91 Å². The van der Waals surface area contributed by atoms with Gasteiger partial charge < -0.3 is 16.0 Å². The third kappa shape index (κ3) is 5.61. The number of hydrogen-bond donors (Lipinski definition) is 2. The number of carbonyl (C=O) groups excluding carboxylic acids is 3. The first-order valence-corrected chi connectivity index (χ1v) is 12.4. The number of likely N-dealkylation sites (N-methyl/N-ethyl adjacent to an activating group) is 1. The molecule has 3 N–H and O–H groups in total. The van der Waals surface area contributed by atoms with Crippen LogP contribution in [-0.2, 0) is 16.0 Å². The second kappa shape index (κ2) is 11.2. The van der Waals surface area contributed by atoms with Crippen molar-refractivity contribution in [3.05, 3.63) is 83.8 Å². The molecule has 2 aromatic heterocycles. The van der Waals surface area contributed by atoms with E-state index >= 15 is 0 Å². The third-order valence-corrected chi connectivity index (χ3v) is 6.67. The molecule has 0 bridgehead atoms. The maximum atomic E-state index is 13.7. The number of benzene rings is 1. The fraction of sp³-hybridized carbons (Fsp3) is 0.321. The number of pyridine rings is 2. The summed E-state index contributed by atoms with van der Waals surface area (Å²) >= 11 is 0. The van der Waals surface area contributed by atoms with Crippen LogP contribution in [0.4, 0.5) is 16.3 Å². The van der Waals surface area contributed by atoms with Crippen molar-refractivity contribution in [2.45, 2.75) is 45.2 Å². The molecular formula is C28H32N6O3. The van der Waals surface area contributed by atoms with E-state index in [9.17, 15) is 14.4 Å². The van der Waals surface area contributed by atoms with Crippen LogP contribution in [0.25, 0.3) is 0 Å². The summed E-state index contributed by atoms with van der Waals surface area (Å²) in [5.74, 6) is -1.10. The van der Waals surface area contributed by atoms with E-state index in [2.05, 4.69) is 15.3 Å². The predicted octanol–water partition coefficient (Wildman–Crippen LogP) is 3.65. The van der Waals surface area contributed by atoms with Crippen LogP contribution >= 0.6 is 0 Å². The Labute approximate surface area is 216 Å². The van der Waals surface area contributed by atoms with E-state index in [1.165, 1.54) is 4.90 Å². The summed E-state index contributed by atoms with van der Waals surface area (Å²) < 4.78 is 0. The average Bonchev–Trinajstić information content (AvgIpc) is 2.90. The summed E-state index contributed by atoms with van der Waals surface area (Å²) in [7, 11) is 1.65. The Morgan fingerprint density at radius 2 is 1.89 bits per heavy atom. The zero-order valence-electron chi connectivity index (χ0n) is 21.3. The number of nitrogens with one attached hydrogen (secondary N) is 1. The smallest absolute Gasteiger partial charge is 0.325 e. The quantitative estimate of drug-likeness (QED) is 0.456. The number of anilines is 2. The van der Waals surface area contributed by atoms with Gasteiger partial charge in [0.05, 0.1) is 12.0 Å². The number of nitrogens with zero attached hydrogens (tertiary/aromatic N) is 4. The Morgan fingerprint density at radius 1 is 1.14 bits per heavy atom. The van der Waals surface area contributed by atoms with Crippen LogP contribution in [0.2, 0.25) is 0 Å². The minimum absolute atomic E-state index is 0.272. The average molecular weight is 501 g/mol. The van der Waals surface area contributed by atoms with E-state index in [0.717, 1.165) is 28.1 Å². The number of para-hydroxylation sites is 1. The Kier molecular flexibility index (Phi) is 7.81. The number of likely N-dealkylation sites (tertiary alicyclic amines) is 1. The van der Waals surface area contributed by atoms with Crippen molar-refractivity contribution in [3.63, 3.8) is 0 Å². The molecule has 0 unspecified atom stereocenters.